The number of rotatable bonds is 4. The second-order valence-corrected chi connectivity index (χ2v) is 6.19. The minimum Gasteiger partial charge on any atom is -0.357 e. The maximum Gasteiger partial charge on any atom is 0.246 e. The second kappa shape index (κ2) is 7.42. The first-order valence-corrected chi connectivity index (χ1v) is 8.50. The molecule has 1 N–H and O–H groups in total. The molecular weight excluding hydrogens is 318 g/mol. The number of carbonyl (C=O) groups excluding carboxylic acids is 1. The molecule has 1 saturated heterocycles. The van der Waals surface area contributed by atoms with Crippen LogP contribution in [0.2, 0.25) is 0 Å². The van der Waals surface area contributed by atoms with Gasteiger partial charge in [-0.2, -0.15) is 5.10 Å². The topological polar surface area (TPSA) is 70.7 Å². The summed E-state index contributed by atoms with van der Waals surface area (Å²) in [6, 6.07) is 2.05. The molecule has 1 aliphatic heterocycles. The molecule has 0 atom stereocenters. The van der Waals surface area contributed by atoms with Crippen molar-refractivity contribution in [3.8, 4) is 0 Å². The fourth-order valence-electron chi connectivity index (χ4n) is 2.92. The Bertz CT molecular complexity index is 761. The standard InChI is InChI=1S/C17H25N7O/c1-4-18-17(19-9-14-5-6-21(2)11-14)23-7-8-24(16(25)13-23)15-10-20-22(3)12-15/h5-6,10-12H,4,7-9,13H2,1-3H3,(H,18,19). The van der Waals surface area contributed by atoms with Gasteiger partial charge in [-0.1, -0.05) is 0 Å². The van der Waals surface area contributed by atoms with Crippen LogP contribution in [0.3, 0.4) is 0 Å². The Kier molecular flexibility index (Phi) is 5.06. The van der Waals surface area contributed by atoms with Crippen molar-refractivity contribution >= 4 is 17.6 Å². The van der Waals surface area contributed by atoms with Crippen LogP contribution >= 0.6 is 0 Å². The van der Waals surface area contributed by atoms with Gasteiger partial charge in [0.1, 0.15) is 6.54 Å². The first-order chi connectivity index (χ1) is 12.1. The highest BCUT2D eigenvalue weighted by Gasteiger charge is 2.27. The molecule has 0 bridgehead atoms. The van der Waals surface area contributed by atoms with Crippen molar-refractivity contribution < 1.29 is 4.79 Å². The molecule has 2 aromatic rings. The Morgan fingerprint density at radius 2 is 2.16 bits per heavy atom. The zero-order valence-electron chi connectivity index (χ0n) is 15.0. The molecule has 0 saturated carbocycles. The van der Waals surface area contributed by atoms with E-state index in [1.807, 2.05) is 42.9 Å². The zero-order valence-corrected chi connectivity index (χ0v) is 15.0. The number of nitrogens with zero attached hydrogens (tertiary/aromatic N) is 6. The molecule has 134 valence electrons. The summed E-state index contributed by atoms with van der Waals surface area (Å²) in [6.07, 6.45) is 7.65. The Morgan fingerprint density at radius 1 is 1.32 bits per heavy atom. The highest BCUT2D eigenvalue weighted by molar-refractivity contribution is 5.98. The smallest absolute Gasteiger partial charge is 0.246 e. The monoisotopic (exact) mass is 343 g/mol. The molecule has 1 fully saturated rings. The number of hydrogen-bond acceptors (Lipinski definition) is 3. The van der Waals surface area contributed by atoms with E-state index in [0.29, 0.717) is 19.6 Å². The first-order valence-electron chi connectivity index (χ1n) is 8.50. The number of aryl methyl sites for hydroxylation is 2. The van der Waals surface area contributed by atoms with E-state index >= 15 is 0 Å². The van der Waals surface area contributed by atoms with Crippen LogP contribution < -0.4 is 10.2 Å². The summed E-state index contributed by atoms with van der Waals surface area (Å²) in [5, 5.41) is 7.44. The van der Waals surface area contributed by atoms with E-state index in [2.05, 4.69) is 27.7 Å². The molecule has 25 heavy (non-hydrogen) atoms. The Balaban J connectivity index is 1.67. The van der Waals surface area contributed by atoms with Crippen LogP contribution in [0.15, 0.2) is 35.8 Å². The maximum atomic E-state index is 12.6. The molecule has 1 aliphatic rings. The highest BCUT2D eigenvalue weighted by Crippen LogP contribution is 2.16. The van der Waals surface area contributed by atoms with Gasteiger partial charge >= 0.3 is 0 Å². The SMILES string of the molecule is CCNC(=NCc1ccn(C)c1)N1CCN(c2cnn(C)c2)C(=O)C1. The Morgan fingerprint density at radius 3 is 2.76 bits per heavy atom. The van der Waals surface area contributed by atoms with E-state index in [9.17, 15) is 4.79 Å². The third kappa shape index (κ3) is 4.01. The summed E-state index contributed by atoms with van der Waals surface area (Å²) >= 11 is 0. The van der Waals surface area contributed by atoms with E-state index in [4.69, 9.17) is 0 Å². The van der Waals surface area contributed by atoms with Gasteiger partial charge in [0, 0.05) is 52.3 Å². The van der Waals surface area contributed by atoms with Gasteiger partial charge in [0.15, 0.2) is 5.96 Å². The lowest BCUT2D eigenvalue weighted by Gasteiger charge is -2.35. The van der Waals surface area contributed by atoms with Crippen LogP contribution in [0.5, 0.6) is 0 Å². The predicted molar refractivity (Wildman–Crippen MR) is 97.4 cm³/mol. The van der Waals surface area contributed by atoms with Crippen LogP contribution in [0.1, 0.15) is 12.5 Å². The van der Waals surface area contributed by atoms with Crippen molar-refractivity contribution in [3.63, 3.8) is 0 Å². The lowest BCUT2D eigenvalue weighted by Crippen LogP contribution is -2.55. The number of nitrogens with one attached hydrogen (secondary N) is 1. The van der Waals surface area contributed by atoms with Crippen molar-refractivity contribution in [2.75, 3.05) is 31.1 Å². The molecule has 0 aliphatic carbocycles. The average Bonchev–Trinajstić information content (AvgIpc) is 3.19. The van der Waals surface area contributed by atoms with E-state index in [1.54, 1.807) is 15.8 Å². The van der Waals surface area contributed by atoms with Crippen molar-refractivity contribution in [2.45, 2.75) is 13.5 Å². The van der Waals surface area contributed by atoms with Crippen molar-refractivity contribution in [2.24, 2.45) is 19.1 Å². The molecule has 8 heteroatoms. The van der Waals surface area contributed by atoms with E-state index in [1.165, 1.54) is 0 Å². The van der Waals surface area contributed by atoms with E-state index < -0.39 is 0 Å². The fourth-order valence-corrected chi connectivity index (χ4v) is 2.92. The lowest BCUT2D eigenvalue weighted by molar-refractivity contribution is -0.120. The number of aromatic nitrogens is 3. The summed E-state index contributed by atoms with van der Waals surface area (Å²) in [7, 11) is 3.85. The van der Waals surface area contributed by atoms with Gasteiger partial charge in [-0.25, -0.2) is 4.99 Å². The summed E-state index contributed by atoms with van der Waals surface area (Å²) in [6.45, 7) is 5.08. The molecule has 2 aromatic heterocycles. The van der Waals surface area contributed by atoms with E-state index in [-0.39, 0.29) is 5.91 Å². The fraction of sp³-hybridized carbons (Fsp3) is 0.471. The summed E-state index contributed by atoms with van der Waals surface area (Å²) in [5.41, 5.74) is 2.00. The molecule has 0 unspecified atom stereocenters. The molecule has 3 heterocycles. The molecule has 8 nitrogen and oxygen atoms in total. The highest BCUT2D eigenvalue weighted by atomic mass is 16.2. The van der Waals surface area contributed by atoms with Gasteiger partial charge in [-0.3, -0.25) is 9.48 Å². The van der Waals surface area contributed by atoms with Crippen molar-refractivity contribution in [1.82, 2.24) is 24.6 Å². The number of hydrogen-bond donors (Lipinski definition) is 1. The molecule has 3 rings (SSSR count). The summed E-state index contributed by atoms with van der Waals surface area (Å²) < 4.78 is 3.72. The third-order valence-corrected chi connectivity index (χ3v) is 4.16. The quantitative estimate of drug-likeness (QED) is 0.651. The predicted octanol–water partition coefficient (Wildman–Crippen LogP) is 0.573. The number of guanidine groups is 1. The average molecular weight is 343 g/mol. The van der Waals surface area contributed by atoms with Gasteiger partial charge < -0.3 is 19.7 Å². The largest absolute Gasteiger partial charge is 0.357 e. The Hall–Kier alpha value is -2.77. The number of anilines is 1. The number of amides is 1. The van der Waals surface area contributed by atoms with Crippen molar-refractivity contribution in [3.05, 3.63) is 36.4 Å². The van der Waals surface area contributed by atoms with E-state index in [0.717, 1.165) is 30.3 Å². The summed E-state index contributed by atoms with van der Waals surface area (Å²) in [4.78, 5) is 21.0. The second-order valence-electron chi connectivity index (χ2n) is 6.19. The number of piperazine rings is 1. The Labute approximate surface area is 147 Å². The van der Waals surface area contributed by atoms with Gasteiger partial charge in [-0.05, 0) is 18.6 Å². The normalized spacial score (nSPS) is 15.8. The van der Waals surface area contributed by atoms with Crippen LogP contribution in [0.4, 0.5) is 5.69 Å². The lowest BCUT2D eigenvalue weighted by atomic mass is 10.3. The molecule has 0 spiro atoms. The molecule has 0 aromatic carbocycles. The first kappa shape index (κ1) is 17.1. The zero-order chi connectivity index (χ0) is 17.8. The van der Waals surface area contributed by atoms with Gasteiger partial charge in [0.05, 0.1) is 18.4 Å². The molecular formula is C17H25N7O. The maximum absolute atomic E-state index is 12.6. The summed E-state index contributed by atoms with van der Waals surface area (Å²) in [5.74, 6) is 0.843. The van der Waals surface area contributed by atoms with Crippen LogP contribution in [0, 0.1) is 0 Å². The minimum atomic E-state index is 0.0598. The molecule has 1 amide bonds. The number of carbonyl (C=O) groups is 1. The third-order valence-electron chi connectivity index (χ3n) is 4.16. The number of aliphatic imine (C=N–C) groups is 1. The van der Waals surface area contributed by atoms with Crippen molar-refractivity contribution in [1.29, 1.82) is 0 Å². The van der Waals surface area contributed by atoms with Crippen LogP contribution in [-0.4, -0.2) is 57.3 Å². The van der Waals surface area contributed by atoms with Gasteiger partial charge in [0.25, 0.3) is 0 Å². The molecule has 0 radical (unpaired) electrons. The van der Waals surface area contributed by atoms with Gasteiger partial charge in [-0.15, -0.1) is 0 Å². The van der Waals surface area contributed by atoms with Crippen LogP contribution in [0.25, 0.3) is 0 Å². The van der Waals surface area contributed by atoms with Gasteiger partial charge in [0.2, 0.25) is 5.91 Å². The van der Waals surface area contributed by atoms with Crippen LogP contribution in [-0.2, 0) is 25.4 Å². The minimum absolute atomic E-state index is 0.0598.